The summed E-state index contributed by atoms with van der Waals surface area (Å²) in [6, 6.07) is 6.80. The van der Waals surface area contributed by atoms with Crippen LogP contribution in [0.3, 0.4) is 0 Å². The van der Waals surface area contributed by atoms with Crippen LogP contribution in [0.25, 0.3) is 0 Å². The lowest BCUT2D eigenvalue weighted by Gasteiger charge is -2.48. The van der Waals surface area contributed by atoms with Gasteiger partial charge in [0.05, 0.1) is 17.6 Å². The summed E-state index contributed by atoms with van der Waals surface area (Å²) in [5.41, 5.74) is -2.60. The summed E-state index contributed by atoms with van der Waals surface area (Å²) < 4.78 is 6.42. The molecule has 1 aromatic carbocycles. The van der Waals surface area contributed by atoms with Crippen LogP contribution in [0, 0.1) is 34.5 Å². The predicted molar refractivity (Wildman–Crippen MR) is 129 cm³/mol. The molecule has 5 rings (SSSR count). The van der Waals surface area contributed by atoms with Crippen molar-refractivity contribution in [3.63, 3.8) is 0 Å². The number of aliphatic hydroxyl groups is 3. The number of ketones is 1. The van der Waals surface area contributed by atoms with E-state index in [0.717, 1.165) is 0 Å². The highest BCUT2D eigenvalue weighted by Crippen LogP contribution is 2.71. The lowest BCUT2D eigenvalue weighted by molar-refractivity contribution is -0.190. The highest BCUT2D eigenvalue weighted by molar-refractivity contribution is 9.10. The number of fused-ring (bicyclic) bond motifs is 3. The Labute approximate surface area is 207 Å². The van der Waals surface area contributed by atoms with Crippen LogP contribution in [0.5, 0.6) is 0 Å². The van der Waals surface area contributed by atoms with Crippen molar-refractivity contribution in [3.05, 3.63) is 57.6 Å². The number of aliphatic hydroxyl groups excluding tert-OH is 2. The molecule has 34 heavy (non-hydrogen) atoms. The molecule has 1 aromatic rings. The molecule has 0 heterocycles. The van der Waals surface area contributed by atoms with Crippen molar-refractivity contribution in [1.29, 1.82) is 0 Å². The molecule has 4 aliphatic carbocycles. The summed E-state index contributed by atoms with van der Waals surface area (Å²) in [6.07, 6.45) is 1.31. The Bertz CT molecular complexity index is 1140. The molecule has 7 heteroatoms. The monoisotopic (exact) mass is 530 g/mol. The largest absolute Gasteiger partial charge is 0.451 e. The molecule has 6 nitrogen and oxygen atoms in total. The van der Waals surface area contributed by atoms with Gasteiger partial charge in [0, 0.05) is 10.4 Å². The number of benzene rings is 1. The van der Waals surface area contributed by atoms with E-state index in [4.69, 9.17) is 4.74 Å². The third-order valence-electron chi connectivity index (χ3n) is 9.22. The van der Waals surface area contributed by atoms with E-state index in [-0.39, 0.29) is 34.2 Å². The average Bonchev–Trinajstić information content (AvgIpc) is 3.28. The van der Waals surface area contributed by atoms with Gasteiger partial charge in [-0.2, -0.15) is 0 Å². The van der Waals surface area contributed by atoms with E-state index in [1.54, 1.807) is 43.3 Å². The maximum absolute atomic E-state index is 14.3. The topological polar surface area (TPSA) is 104 Å². The Kier molecular flexibility index (Phi) is 5.34. The van der Waals surface area contributed by atoms with Crippen LogP contribution in [0.1, 0.15) is 44.5 Å². The van der Waals surface area contributed by atoms with Gasteiger partial charge in [-0.1, -0.05) is 45.1 Å². The molecule has 0 saturated heterocycles. The van der Waals surface area contributed by atoms with Gasteiger partial charge in [-0.15, -0.1) is 0 Å². The Morgan fingerprint density at radius 1 is 1.26 bits per heavy atom. The summed E-state index contributed by atoms with van der Waals surface area (Å²) in [5, 5.41) is 34.1. The van der Waals surface area contributed by atoms with Gasteiger partial charge in [0.1, 0.15) is 6.10 Å². The average molecular weight is 531 g/mol. The molecule has 0 aliphatic heterocycles. The molecular formula is C27H31BrO6. The number of hydrogen-bond acceptors (Lipinski definition) is 6. The van der Waals surface area contributed by atoms with E-state index < -0.39 is 41.7 Å². The molecule has 3 N–H and O–H groups in total. The number of halogens is 1. The van der Waals surface area contributed by atoms with Crippen LogP contribution in [0.4, 0.5) is 0 Å². The number of esters is 1. The van der Waals surface area contributed by atoms with Crippen LogP contribution < -0.4 is 0 Å². The minimum absolute atomic E-state index is 0.0382. The zero-order valence-electron chi connectivity index (χ0n) is 19.8. The van der Waals surface area contributed by atoms with Gasteiger partial charge in [-0.3, -0.25) is 4.79 Å². The quantitative estimate of drug-likeness (QED) is 0.408. The standard InChI is InChI=1S/C27H31BrO6/c1-13-11-26-14(2)9-18-20(25(18,3)4)17(22(26)31)10-15(12-29)21(30)27(26,33)23(13)34-24(32)16-7-5-6-8-19(16)28/h5-8,10-11,14,17-18,20-21,23,29-30,33H,9,12H2,1-4H3/t14-,17+,18-,20+,21-,23+,26+,27+/m1/s1. The Balaban J connectivity index is 1.65. The summed E-state index contributed by atoms with van der Waals surface area (Å²) >= 11 is 3.36. The molecule has 2 fully saturated rings. The lowest BCUT2D eigenvalue weighted by atomic mass is 9.59. The predicted octanol–water partition coefficient (Wildman–Crippen LogP) is 3.44. The van der Waals surface area contributed by atoms with E-state index in [2.05, 4.69) is 29.8 Å². The lowest BCUT2D eigenvalue weighted by Crippen LogP contribution is -2.65. The fourth-order valence-corrected chi connectivity index (χ4v) is 7.84. The number of hydrogen-bond donors (Lipinski definition) is 3. The molecule has 0 unspecified atom stereocenters. The first-order valence-electron chi connectivity index (χ1n) is 11.8. The number of ether oxygens (including phenoxy) is 1. The number of Topliss-reactive ketones (excluding diaryl/α,β-unsaturated/α-hetero) is 1. The highest BCUT2D eigenvalue weighted by Gasteiger charge is 2.76. The van der Waals surface area contributed by atoms with E-state index in [1.807, 2.05) is 6.92 Å². The second-order valence-corrected chi connectivity index (χ2v) is 12.0. The van der Waals surface area contributed by atoms with Crippen LogP contribution >= 0.6 is 15.9 Å². The smallest absolute Gasteiger partial charge is 0.339 e. The van der Waals surface area contributed by atoms with Crippen LogP contribution in [0.15, 0.2) is 52.0 Å². The van der Waals surface area contributed by atoms with E-state index in [0.29, 0.717) is 22.4 Å². The number of carbonyl (C=O) groups excluding carboxylic acids is 2. The molecular weight excluding hydrogens is 500 g/mol. The number of carbonyl (C=O) groups is 2. The Morgan fingerprint density at radius 2 is 1.94 bits per heavy atom. The van der Waals surface area contributed by atoms with Gasteiger partial charge in [0.25, 0.3) is 0 Å². The first-order valence-corrected chi connectivity index (χ1v) is 12.6. The molecule has 0 amide bonds. The van der Waals surface area contributed by atoms with Crippen LogP contribution in [-0.2, 0) is 9.53 Å². The zero-order chi connectivity index (χ0) is 24.8. The van der Waals surface area contributed by atoms with Crippen molar-refractivity contribution in [3.8, 4) is 0 Å². The molecule has 2 saturated carbocycles. The van der Waals surface area contributed by atoms with E-state index in [1.165, 1.54) is 0 Å². The minimum atomic E-state index is -2.13. The summed E-state index contributed by atoms with van der Waals surface area (Å²) in [5.74, 6) is -1.29. The third kappa shape index (κ3) is 2.84. The summed E-state index contributed by atoms with van der Waals surface area (Å²) in [6.45, 7) is 7.46. The molecule has 0 radical (unpaired) electrons. The highest BCUT2D eigenvalue weighted by atomic mass is 79.9. The van der Waals surface area contributed by atoms with Gasteiger partial charge in [-0.25, -0.2) is 4.79 Å². The maximum Gasteiger partial charge on any atom is 0.339 e. The molecule has 4 aliphatic rings. The fraction of sp³-hybridized carbons (Fsp3) is 0.556. The van der Waals surface area contributed by atoms with Gasteiger partial charge in [0.2, 0.25) is 0 Å². The van der Waals surface area contributed by atoms with Crippen molar-refractivity contribution in [2.75, 3.05) is 6.61 Å². The molecule has 1 spiro atoms. The van der Waals surface area contributed by atoms with Crippen LogP contribution in [0.2, 0.25) is 0 Å². The van der Waals surface area contributed by atoms with Crippen molar-refractivity contribution in [2.45, 2.75) is 51.9 Å². The second-order valence-electron chi connectivity index (χ2n) is 11.1. The normalized spacial score (nSPS) is 41.9. The van der Waals surface area contributed by atoms with Crippen molar-refractivity contribution in [2.24, 2.45) is 34.5 Å². The Morgan fingerprint density at radius 3 is 2.59 bits per heavy atom. The van der Waals surface area contributed by atoms with Crippen molar-refractivity contribution >= 4 is 27.7 Å². The maximum atomic E-state index is 14.3. The van der Waals surface area contributed by atoms with Crippen LogP contribution in [-0.4, -0.2) is 51.5 Å². The first kappa shape index (κ1) is 23.9. The summed E-state index contributed by atoms with van der Waals surface area (Å²) in [7, 11) is 0. The van der Waals surface area contributed by atoms with E-state index in [9.17, 15) is 24.9 Å². The fourth-order valence-electron chi connectivity index (χ4n) is 7.39. The van der Waals surface area contributed by atoms with Gasteiger partial charge >= 0.3 is 5.97 Å². The molecule has 182 valence electrons. The SMILES string of the molecule is CC1=C[C@]23C(=O)[C@@H](C=C(CO)[C@@H](O)[C@]2(O)[C@H]1OC(=O)c1ccccc1Br)[C@H]1[C@@H](C[C@H]3C)C1(C)C. The zero-order valence-corrected chi connectivity index (χ0v) is 21.4. The van der Waals surface area contributed by atoms with Gasteiger partial charge in [0.15, 0.2) is 17.5 Å². The van der Waals surface area contributed by atoms with Crippen molar-refractivity contribution in [1.82, 2.24) is 0 Å². The number of allylic oxidation sites excluding steroid dienone is 1. The number of rotatable bonds is 3. The Hall–Kier alpha value is -1.80. The van der Waals surface area contributed by atoms with E-state index >= 15 is 0 Å². The molecule has 2 bridgehead atoms. The summed E-state index contributed by atoms with van der Waals surface area (Å²) in [4.78, 5) is 27.5. The third-order valence-corrected chi connectivity index (χ3v) is 9.91. The molecule has 0 aromatic heterocycles. The minimum Gasteiger partial charge on any atom is -0.451 e. The first-order chi connectivity index (χ1) is 15.9. The second kappa shape index (κ2) is 7.60. The van der Waals surface area contributed by atoms with Gasteiger partial charge in [-0.05, 0) is 75.7 Å². The van der Waals surface area contributed by atoms with Gasteiger partial charge < -0.3 is 20.1 Å². The molecule has 8 atom stereocenters. The van der Waals surface area contributed by atoms with Crippen molar-refractivity contribution < 1.29 is 29.6 Å².